The van der Waals surface area contributed by atoms with E-state index in [2.05, 4.69) is 15.9 Å². The first kappa shape index (κ1) is 9.86. The Morgan fingerprint density at radius 3 is 2.93 bits per heavy atom. The Balaban J connectivity index is 2.40. The van der Waals surface area contributed by atoms with Gasteiger partial charge in [0, 0.05) is 17.4 Å². The van der Waals surface area contributed by atoms with Crippen molar-refractivity contribution in [2.45, 2.75) is 12.8 Å². The summed E-state index contributed by atoms with van der Waals surface area (Å²) in [6.07, 6.45) is 0.589. The number of carboxylic acids is 1. The number of hydrogen-bond acceptors (Lipinski definition) is 3. The van der Waals surface area contributed by atoms with Crippen molar-refractivity contribution in [1.29, 1.82) is 0 Å². The van der Waals surface area contributed by atoms with E-state index < -0.39 is 11.9 Å². The van der Waals surface area contributed by atoms with Crippen LogP contribution in [0.15, 0.2) is 9.17 Å². The Labute approximate surface area is 92.9 Å². The van der Waals surface area contributed by atoms with Crippen LogP contribution in [-0.4, -0.2) is 16.9 Å². The molecular formula is C9H7BrO3S. The van der Waals surface area contributed by atoms with Crippen LogP contribution >= 0.6 is 27.3 Å². The Kier molecular flexibility index (Phi) is 2.45. The lowest BCUT2D eigenvalue weighted by Crippen LogP contribution is -2.25. The number of ketones is 1. The van der Waals surface area contributed by atoms with E-state index in [1.807, 2.05) is 0 Å². The average Bonchev–Trinajstić information content (AvgIpc) is 2.48. The zero-order valence-corrected chi connectivity index (χ0v) is 9.52. The number of halogens is 1. The molecule has 0 amide bonds. The van der Waals surface area contributed by atoms with Crippen molar-refractivity contribution in [3.05, 3.63) is 20.3 Å². The number of Topliss-reactive ketones (excluding diaryl/α,β-unsaturated/α-hetero) is 1. The molecule has 1 unspecified atom stereocenters. The maximum Gasteiger partial charge on any atom is 0.307 e. The maximum atomic E-state index is 11.5. The summed E-state index contributed by atoms with van der Waals surface area (Å²) in [6.45, 7) is 0. The molecule has 0 saturated heterocycles. The van der Waals surface area contributed by atoms with E-state index in [9.17, 15) is 9.59 Å². The van der Waals surface area contributed by atoms with Crippen LogP contribution in [0, 0.1) is 5.92 Å². The molecule has 1 aromatic rings. The van der Waals surface area contributed by atoms with E-state index >= 15 is 0 Å². The molecule has 0 radical (unpaired) electrons. The predicted molar refractivity (Wildman–Crippen MR) is 55.8 cm³/mol. The van der Waals surface area contributed by atoms with E-state index in [1.54, 1.807) is 5.38 Å². The number of aliphatic carboxylic acids is 1. The Morgan fingerprint density at radius 1 is 1.57 bits per heavy atom. The van der Waals surface area contributed by atoms with Crippen molar-refractivity contribution in [3.8, 4) is 0 Å². The second-order valence-electron chi connectivity index (χ2n) is 3.27. The summed E-state index contributed by atoms with van der Waals surface area (Å²) in [5.74, 6) is -1.50. The summed E-state index contributed by atoms with van der Waals surface area (Å²) in [6, 6.07) is 0. The summed E-state index contributed by atoms with van der Waals surface area (Å²) in [7, 11) is 0. The van der Waals surface area contributed by atoms with Crippen molar-refractivity contribution >= 4 is 39.0 Å². The Bertz CT molecular complexity index is 410. The third-order valence-corrected chi connectivity index (χ3v) is 4.22. The lowest BCUT2D eigenvalue weighted by Gasteiger charge is -2.17. The molecule has 3 nitrogen and oxygen atoms in total. The van der Waals surface area contributed by atoms with Crippen molar-refractivity contribution in [2.24, 2.45) is 5.92 Å². The molecule has 0 aliphatic heterocycles. The van der Waals surface area contributed by atoms with Crippen LogP contribution in [0.1, 0.15) is 22.3 Å². The van der Waals surface area contributed by atoms with Gasteiger partial charge in [0.1, 0.15) is 0 Å². The third-order valence-electron chi connectivity index (χ3n) is 2.37. The van der Waals surface area contributed by atoms with Gasteiger partial charge in [-0.25, -0.2) is 0 Å². The Hall–Kier alpha value is -0.680. The highest BCUT2D eigenvalue weighted by Crippen LogP contribution is 2.35. The van der Waals surface area contributed by atoms with Crippen molar-refractivity contribution in [2.75, 3.05) is 0 Å². The third kappa shape index (κ3) is 1.50. The van der Waals surface area contributed by atoms with Gasteiger partial charge in [0.2, 0.25) is 0 Å². The summed E-state index contributed by atoms with van der Waals surface area (Å²) in [5.41, 5.74) is 1.55. The second-order valence-corrected chi connectivity index (χ2v) is 5.47. The lowest BCUT2D eigenvalue weighted by atomic mass is 9.85. The van der Waals surface area contributed by atoms with Crippen molar-refractivity contribution in [3.63, 3.8) is 0 Å². The van der Waals surface area contributed by atoms with Crippen molar-refractivity contribution in [1.82, 2.24) is 0 Å². The van der Waals surface area contributed by atoms with Gasteiger partial charge in [-0.2, -0.15) is 0 Å². The zero-order chi connectivity index (χ0) is 10.3. The van der Waals surface area contributed by atoms with Crippen LogP contribution in [0.2, 0.25) is 0 Å². The van der Waals surface area contributed by atoms with Gasteiger partial charge in [0.25, 0.3) is 0 Å². The van der Waals surface area contributed by atoms with Crippen LogP contribution in [0.4, 0.5) is 0 Å². The molecule has 0 fully saturated rings. The van der Waals surface area contributed by atoms with Gasteiger partial charge in [0.15, 0.2) is 5.78 Å². The van der Waals surface area contributed by atoms with Gasteiger partial charge in [-0.15, -0.1) is 11.3 Å². The van der Waals surface area contributed by atoms with Gasteiger partial charge in [-0.05, 0) is 27.9 Å². The minimum atomic E-state index is -0.887. The number of hydrogen-bond donors (Lipinski definition) is 1. The smallest absolute Gasteiger partial charge is 0.307 e. The predicted octanol–water partition coefficient (Wildman–Crippen LogP) is 2.34. The first-order chi connectivity index (χ1) is 6.59. The van der Waals surface area contributed by atoms with Crippen LogP contribution in [0.5, 0.6) is 0 Å². The minimum Gasteiger partial charge on any atom is -0.481 e. The van der Waals surface area contributed by atoms with Gasteiger partial charge >= 0.3 is 5.97 Å². The molecule has 1 N–H and O–H groups in total. The molecule has 0 aromatic carbocycles. The largest absolute Gasteiger partial charge is 0.481 e. The zero-order valence-electron chi connectivity index (χ0n) is 7.12. The lowest BCUT2D eigenvalue weighted by molar-refractivity contribution is -0.141. The minimum absolute atomic E-state index is 0.0550. The average molecular weight is 275 g/mol. The molecule has 0 saturated carbocycles. The molecule has 5 heteroatoms. The highest BCUT2D eigenvalue weighted by Gasteiger charge is 2.31. The highest BCUT2D eigenvalue weighted by molar-refractivity contribution is 9.11. The summed E-state index contributed by atoms with van der Waals surface area (Å²) < 4.78 is 0.881. The number of fused-ring (bicyclic) bond motifs is 1. The van der Waals surface area contributed by atoms with E-state index in [0.29, 0.717) is 12.0 Å². The molecule has 1 heterocycles. The molecule has 1 aromatic heterocycles. The van der Waals surface area contributed by atoms with Gasteiger partial charge in [0.05, 0.1) is 9.70 Å². The van der Waals surface area contributed by atoms with Crippen LogP contribution < -0.4 is 0 Å². The molecular weight excluding hydrogens is 268 g/mol. The fourth-order valence-electron chi connectivity index (χ4n) is 1.61. The number of carbonyl (C=O) groups excluding carboxylic acids is 1. The van der Waals surface area contributed by atoms with E-state index in [4.69, 9.17) is 5.11 Å². The van der Waals surface area contributed by atoms with E-state index in [-0.39, 0.29) is 12.2 Å². The molecule has 0 bridgehead atoms. The number of carboxylic acid groups (broad SMARTS) is 1. The van der Waals surface area contributed by atoms with Crippen LogP contribution in [-0.2, 0) is 11.2 Å². The van der Waals surface area contributed by atoms with Crippen molar-refractivity contribution < 1.29 is 14.7 Å². The quantitative estimate of drug-likeness (QED) is 0.855. The summed E-state index contributed by atoms with van der Waals surface area (Å²) in [5, 5.41) is 10.6. The second kappa shape index (κ2) is 3.47. The Morgan fingerprint density at radius 2 is 2.29 bits per heavy atom. The fraction of sp³-hybridized carbons (Fsp3) is 0.333. The van der Waals surface area contributed by atoms with Crippen LogP contribution in [0.25, 0.3) is 0 Å². The van der Waals surface area contributed by atoms with Gasteiger partial charge in [-0.3, -0.25) is 9.59 Å². The SMILES string of the molecule is O=C1CC(C(=O)O)Cc2c1csc2Br. The number of carbonyl (C=O) groups is 2. The van der Waals surface area contributed by atoms with Crippen LogP contribution in [0.3, 0.4) is 0 Å². The van der Waals surface area contributed by atoms with E-state index in [0.717, 1.165) is 9.35 Å². The molecule has 14 heavy (non-hydrogen) atoms. The monoisotopic (exact) mass is 274 g/mol. The summed E-state index contributed by atoms with van der Waals surface area (Å²) in [4.78, 5) is 22.3. The molecule has 74 valence electrons. The number of rotatable bonds is 1. The first-order valence-electron chi connectivity index (χ1n) is 4.11. The van der Waals surface area contributed by atoms with Gasteiger partial charge in [-0.1, -0.05) is 0 Å². The van der Waals surface area contributed by atoms with Gasteiger partial charge < -0.3 is 5.11 Å². The molecule has 1 aliphatic rings. The number of thiophene rings is 1. The summed E-state index contributed by atoms with van der Waals surface area (Å²) >= 11 is 4.77. The molecule has 2 rings (SSSR count). The topological polar surface area (TPSA) is 54.4 Å². The highest BCUT2D eigenvalue weighted by atomic mass is 79.9. The standard InChI is InChI=1S/C9H7BrO3S/c10-8-5-1-4(9(12)13)2-7(11)6(5)3-14-8/h3-4H,1-2H2,(H,12,13). The van der Waals surface area contributed by atoms with E-state index in [1.165, 1.54) is 11.3 Å². The molecule has 1 aliphatic carbocycles. The molecule has 1 atom stereocenters. The normalized spacial score (nSPS) is 20.6. The molecule has 0 spiro atoms. The first-order valence-corrected chi connectivity index (χ1v) is 5.78. The maximum absolute atomic E-state index is 11.5. The fourth-order valence-corrected chi connectivity index (χ4v) is 3.10.